The molecule has 0 saturated heterocycles. The van der Waals surface area contributed by atoms with Gasteiger partial charge in [0, 0.05) is 11.6 Å². The van der Waals surface area contributed by atoms with Crippen molar-refractivity contribution in [2.24, 2.45) is 0 Å². The van der Waals surface area contributed by atoms with E-state index in [0.717, 1.165) is 39.3 Å². The molecule has 0 N–H and O–H groups in total. The normalized spacial score (nSPS) is 10.8. The van der Waals surface area contributed by atoms with Crippen LogP contribution in [0.1, 0.15) is 0 Å². The molecule has 0 aliphatic carbocycles. The summed E-state index contributed by atoms with van der Waals surface area (Å²) in [5.41, 5.74) is 5.51. The van der Waals surface area contributed by atoms with Gasteiger partial charge in [0.2, 0.25) is 0 Å². The third-order valence-corrected chi connectivity index (χ3v) is 5.75. The van der Waals surface area contributed by atoms with Gasteiger partial charge in [-0.25, -0.2) is 0 Å². The first kappa shape index (κ1) is 20.6. The van der Waals surface area contributed by atoms with E-state index >= 15 is 0 Å². The second-order valence-electron chi connectivity index (χ2n) is 7.72. The zero-order valence-corrected chi connectivity index (χ0v) is 18.4. The van der Waals surface area contributed by atoms with Gasteiger partial charge < -0.3 is 13.9 Å². The van der Waals surface area contributed by atoms with Crippen LogP contribution in [0.15, 0.2) is 106 Å². The molecule has 0 bridgehead atoms. The third kappa shape index (κ3) is 4.11. The summed E-state index contributed by atoms with van der Waals surface area (Å²) >= 11 is 0. The highest BCUT2D eigenvalue weighted by Gasteiger charge is 2.09. The molecule has 33 heavy (non-hydrogen) atoms. The standard InChI is InChI=1S/C29H22O4/c1-31-24-12-7-20(8-13-24)19-3-5-22(6-4-19)28-18-27(30)26-16-11-23(17-29(26)33-28)21-9-14-25(32-2)15-10-21/h3-18H,1-2H3. The van der Waals surface area contributed by atoms with Crippen LogP contribution in [0.2, 0.25) is 0 Å². The molecular weight excluding hydrogens is 412 g/mol. The van der Waals surface area contributed by atoms with Crippen LogP contribution in [0, 0.1) is 0 Å². The average molecular weight is 434 g/mol. The van der Waals surface area contributed by atoms with Gasteiger partial charge in [0.1, 0.15) is 22.8 Å². The Bertz CT molecular complexity index is 1460. The quantitative estimate of drug-likeness (QED) is 0.305. The molecule has 4 aromatic carbocycles. The molecule has 0 atom stereocenters. The first-order valence-corrected chi connectivity index (χ1v) is 10.6. The molecule has 0 saturated carbocycles. The van der Waals surface area contributed by atoms with Gasteiger partial charge in [-0.1, -0.05) is 54.6 Å². The van der Waals surface area contributed by atoms with Crippen LogP contribution >= 0.6 is 0 Å². The maximum absolute atomic E-state index is 12.8. The molecule has 5 rings (SSSR count). The minimum Gasteiger partial charge on any atom is -0.497 e. The molecule has 0 aliphatic heterocycles. The average Bonchev–Trinajstić information content (AvgIpc) is 2.88. The van der Waals surface area contributed by atoms with E-state index in [2.05, 4.69) is 0 Å². The minimum absolute atomic E-state index is 0.0632. The molecule has 0 spiro atoms. The lowest BCUT2D eigenvalue weighted by Gasteiger charge is -2.08. The summed E-state index contributed by atoms with van der Waals surface area (Å²) in [5, 5.41) is 0.561. The lowest BCUT2D eigenvalue weighted by molar-refractivity contribution is 0.415. The Morgan fingerprint density at radius 1 is 0.545 bits per heavy atom. The molecule has 5 aromatic rings. The number of hydrogen-bond acceptors (Lipinski definition) is 4. The Balaban J connectivity index is 1.50. The van der Waals surface area contributed by atoms with E-state index in [1.165, 1.54) is 0 Å². The minimum atomic E-state index is -0.0632. The fourth-order valence-electron chi connectivity index (χ4n) is 3.87. The fraction of sp³-hybridized carbons (Fsp3) is 0.0690. The Morgan fingerprint density at radius 3 is 1.55 bits per heavy atom. The Hall–Kier alpha value is -4.31. The summed E-state index contributed by atoms with van der Waals surface area (Å²) in [6.45, 7) is 0. The number of rotatable bonds is 5. The molecule has 0 fully saturated rings. The second-order valence-corrected chi connectivity index (χ2v) is 7.72. The van der Waals surface area contributed by atoms with Crippen LogP contribution in [-0.4, -0.2) is 14.2 Å². The van der Waals surface area contributed by atoms with E-state index in [4.69, 9.17) is 13.9 Å². The van der Waals surface area contributed by atoms with Gasteiger partial charge in [0.25, 0.3) is 0 Å². The Labute approximate surface area is 191 Å². The fourth-order valence-corrected chi connectivity index (χ4v) is 3.87. The topological polar surface area (TPSA) is 48.7 Å². The second kappa shape index (κ2) is 8.67. The number of fused-ring (bicyclic) bond motifs is 1. The van der Waals surface area contributed by atoms with Crippen LogP contribution in [0.4, 0.5) is 0 Å². The third-order valence-electron chi connectivity index (χ3n) is 5.75. The highest BCUT2D eigenvalue weighted by molar-refractivity contribution is 5.84. The maximum atomic E-state index is 12.8. The Kier molecular flexibility index (Phi) is 5.41. The molecular formula is C29H22O4. The van der Waals surface area contributed by atoms with Crippen LogP contribution in [-0.2, 0) is 0 Å². The molecule has 162 valence electrons. The molecule has 4 heteroatoms. The molecule has 4 nitrogen and oxygen atoms in total. The molecule has 0 amide bonds. The van der Waals surface area contributed by atoms with Crippen molar-refractivity contribution in [3.63, 3.8) is 0 Å². The van der Waals surface area contributed by atoms with E-state index < -0.39 is 0 Å². The highest BCUT2D eigenvalue weighted by Crippen LogP contribution is 2.29. The SMILES string of the molecule is COc1ccc(-c2ccc(-c3cc(=O)c4ccc(-c5ccc(OC)cc5)cc4o3)cc2)cc1. The van der Waals surface area contributed by atoms with Crippen LogP contribution in [0.3, 0.4) is 0 Å². The monoisotopic (exact) mass is 434 g/mol. The van der Waals surface area contributed by atoms with Crippen molar-refractivity contribution < 1.29 is 13.9 Å². The van der Waals surface area contributed by atoms with Gasteiger partial charge in [-0.3, -0.25) is 4.79 Å². The van der Waals surface area contributed by atoms with Crippen molar-refractivity contribution in [1.29, 1.82) is 0 Å². The Morgan fingerprint density at radius 2 is 1.00 bits per heavy atom. The number of hydrogen-bond donors (Lipinski definition) is 0. The van der Waals surface area contributed by atoms with Gasteiger partial charge in [0.05, 0.1) is 19.6 Å². The van der Waals surface area contributed by atoms with E-state index in [1.807, 2.05) is 91.0 Å². The van der Waals surface area contributed by atoms with Gasteiger partial charge in [-0.2, -0.15) is 0 Å². The summed E-state index contributed by atoms with van der Waals surface area (Å²) in [5.74, 6) is 2.16. The maximum Gasteiger partial charge on any atom is 0.193 e. The highest BCUT2D eigenvalue weighted by atomic mass is 16.5. The number of benzene rings is 4. The van der Waals surface area contributed by atoms with Gasteiger partial charge in [-0.15, -0.1) is 0 Å². The molecule has 1 aromatic heterocycles. The van der Waals surface area contributed by atoms with Crippen LogP contribution < -0.4 is 14.9 Å². The van der Waals surface area contributed by atoms with Crippen LogP contribution in [0.5, 0.6) is 11.5 Å². The zero-order valence-electron chi connectivity index (χ0n) is 18.4. The van der Waals surface area contributed by atoms with Crippen molar-refractivity contribution in [2.75, 3.05) is 14.2 Å². The van der Waals surface area contributed by atoms with Crippen molar-refractivity contribution in [1.82, 2.24) is 0 Å². The molecule has 0 radical (unpaired) electrons. The lowest BCUT2D eigenvalue weighted by atomic mass is 10.0. The van der Waals surface area contributed by atoms with E-state index in [-0.39, 0.29) is 5.43 Å². The summed E-state index contributed by atoms with van der Waals surface area (Å²) in [7, 11) is 3.30. The number of ether oxygens (including phenoxy) is 2. The van der Waals surface area contributed by atoms with Gasteiger partial charge in [-0.05, 0) is 58.7 Å². The van der Waals surface area contributed by atoms with Crippen molar-refractivity contribution in [2.45, 2.75) is 0 Å². The first-order chi connectivity index (χ1) is 16.1. The van der Waals surface area contributed by atoms with Gasteiger partial charge >= 0.3 is 0 Å². The van der Waals surface area contributed by atoms with E-state index in [1.54, 1.807) is 20.3 Å². The van der Waals surface area contributed by atoms with Gasteiger partial charge in [0.15, 0.2) is 5.43 Å². The van der Waals surface area contributed by atoms with Crippen LogP contribution in [0.25, 0.3) is 44.5 Å². The first-order valence-electron chi connectivity index (χ1n) is 10.6. The van der Waals surface area contributed by atoms with E-state index in [0.29, 0.717) is 16.7 Å². The lowest BCUT2D eigenvalue weighted by Crippen LogP contribution is -2.00. The molecule has 0 unspecified atom stereocenters. The predicted octanol–water partition coefficient (Wildman–Crippen LogP) is 6.81. The molecule has 1 heterocycles. The van der Waals surface area contributed by atoms with Crippen molar-refractivity contribution in [3.8, 4) is 45.1 Å². The molecule has 0 aliphatic rings. The summed E-state index contributed by atoms with van der Waals surface area (Å²) in [4.78, 5) is 12.8. The number of methoxy groups -OCH3 is 2. The summed E-state index contributed by atoms with van der Waals surface area (Å²) in [6.07, 6.45) is 0. The predicted molar refractivity (Wildman–Crippen MR) is 132 cm³/mol. The summed E-state index contributed by atoms with van der Waals surface area (Å²) < 4.78 is 16.6. The van der Waals surface area contributed by atoms with E-state index in [9.17, 15) is 4.79 Å². The van der Waals surface area contributed by atoms with Crippen molar-refractivity contribution in [3.05, 3.63) is 107 Å². The zero-order chi connectivity index (χ0) is 22.8. The smallest absolute Gasteiger partial charge is 0.193 e. The summed E-state index contributed by atoms with van der Waals surface area (Å²) in [6, 6.07) is 30.9. The van der Waals surface area contributed by atoms with Crippen molar-refractivity contribution >= 4 is 11.0 Å². The largest absolute Gasteiger partial charge is 0.497 e.